The smallest absolute Gasteiger partial charge is 0.293 e. The maximum absolute atomic E-state index is 11.4. The summed E-state index contributed by atoms with van der Waals surface area (Å²) in [4.78, 5) is 12.0. The van der Waals surface area contributed by atoms with E-state index in [-0.39, 0.29) is 22.8 Å². The highest BCUT2D eigenvalue weighted by Crippen LogP contribution is 2.35. The van der Waals surface area contributed by atoms with Crippen molar-refractivity contribution in [3.05, 3.63) is 52.1 Å². The zero-order valence-electron chi connectivity index (χ0n) is 14.5. The fourth-order valence-corrected chi connectivity index (χ4v) is 3.10. The third-order valence-electron chi connectivity index (χ3n) is 3.78. The zero-order valence-corrected chi connectivity index (χ0v) is 15.3. The highest BCUT2D eigenvalue weighted by atomic mass is 32.2. The average Bonchev–Trinajstić information content (AvgIpc) is 2.59. The summed E-state index contributed by atoms with van der Waals surface area (Å²) in [5, 5.41) is 16.4. The van der Waals surface area contributed by atoms with E-state index in [2.05, 4.69) is 0 Å². The number of anilines is 1. The van der Waals surface area contributed by atoms with Crippen LogP contribution in [0.15, 0.2) is 41.3 Å². The van der Waals surface area contributed by atoms with E-state index in [4.69, 9.17) is 14.6 Å². The zero-order chi connectivity index (χ0) is 19.5. The van der Waals surface area contributed by atoms with Gasteiger partial charge >= 0.3 is 0 Å². The van der Waals surface area contributed by atoms with E-state index >= 15 is 0 Å². The number of ether oxygens (including phenoxy) is 2. The molecule has 2 N–H and O–H groups in total. The van der Waals surface area contributed by atoms with Gasteiger partial charge in [0, 0.05) is 25.2 Å². The molecule has 0 amide bonds. The first-order chi connectivity index (χ1) is 12.2. The van der Waals surface area contributed by atoms with E-state index < -0.39 is 14.9 Å². The quantitative estimate of drug-likeness (QED) is 0.573. The molecule has 9 nitrogen and oxygen atoms in total. The third-order valence-corrected chi connectivity index (χ3v) is 4.69. The highest BCUT2D eigenvalue weighted by Gasteiger charge is 2.22. The Labute approximate surface area is 151 Å². The van der Waals surface area contributed by atoms with Crippen LogP contribution in [0.3, 0.4) is 0 Å². The molecule has 0 fully saturated rings. The van der Waals surface area contributed by atoms with Crippen molar-refractivity contribution in [2.24, 2.45) is 5.14 Å². The molecule has 2 aromatic rings. The van der Waals surface area contributed by atoms with E-state index in [1.165, 1.54) is 26.4 Å². The topological polar surface area (TPSA) is 125 Å². The number of nitro groups is 1. The molecule has 0 aliphatic carbocycles. The largest absolute Gasteiger partial charge is 0.493 e. The molecule has 140 valence electrons. The Hall–Kier alpha value is -2.85. The Kier molecular flexibility index (Phi) is 5.68. The summed E-state index contributed by atoms with van der Waals surface area (Å²) in [5.74, 6) is 1.06. The van der Waals surface area contributed by atoms with Gasteiger partial charge in [-0.1, -0.05) is 12.1 Å². The van der Waals surface area contributed by atoms with Crippen LogP contribution in [0.1, 0.15) is 5.56 Å². The van der Waals surface area contributed by atoms with E-state index in [1.54, 1.807) is 24.1 Å². The van der Waals surface area contributed by atoms with Gasteiger partial charge < -0.3 is 14.4 Å². The number of nitrogens with two attached hydrogens (primary N) is 1. The molecule has 0 heterocycles. The molecule has 10 heteroatoms. The number of rotatable bonds is 7. The summed E-state index contributed by atoms with van der Waals surface area (Å²) in [6, 6.07) is 8.86. The molecule has 0 spiro atoms. The van der Waals surface area contributed by atoms with Gasteiger partial charge in [0.25, 0.3) is 5.69 Å². The number of sulfonamides is 1. The molecule has 0 aromatic heterocycles. The molecule has 0 radical (unpaired) electrons. The van der Waals surface area contributed by atoms with E-state index in [0.29, 0.717) is 11.5 Å². The second-order valence-electron chi connectivity index (χ2n) is 5.46. The molecule has 0 atom stereocenters. The Balaban J connectivity index is 2.45. The van der Waals surface area contributed by atoms with E-state index in [1.807, 2.05) is 6.07 Å². The number of para-hydroxylation sites is 1. The van der Waals surface area contributed by atoms with Crippen LogP contribution < -0.4 is 19.5 Å². The maximum Gasteiger partial charge on any atom is 0.293 e. The normalized spacial score (nSPS) is 11.1. The van der Waals surface area contributed by atoms with E-state index in [0.717, 1.165) is 11.6 Å². The molecule has 0 bridgehead atoms. The van der Waals surface area contributed by atoms with Crippen molar-refractivity contribution in [1.82, 2.24) is 0 Å². The minimum atomic E-state index is -4.04. The molecule has 0 saturated heterocycles. The first kappa shape index (κ1) is 19.5. The molecule has 0 saturated carbocycles. The van der Waals surface area contributed by atoms with Crippen LogP contribution in [0.2, 0.25) is 0 Å². The van der Waals surface area contributed by atoms with Crippen molar-refractivity contribution in [1.29, 1.82) is 0 Å². The number of benzene rings is 2. The van der Waals surface area contributed by atoms with Gasteiger partial charge in [-0.05, 0) is 18.2 Å². The second kappa shape index (κ2) is 7.58. The van der Waals surface area contributed by atoms with Crippen LogP contribution >= 0.6 is 0 Å². The molecule has 26 heavy (non-hydrogen) atoms. The van der Waals surface area contributed by atoms with Gasteiger partial charge in [0.1, 0.15) is 5.69 Å². The molecule has 0 unspecified atom stereocenters. The van der Waals surface area contributed by atoms with Crippen molar-refractivity contribution < 1.29 is 22.8 Å². The summed E-state index contributed by atoms with van der Waals surface area (Å²) in [6.07, 6.45) is 0. The minimum Gasteiger partial charge on any atom is -0.493 e. The van der Waals surface area contributed by atoms with Crippen LogP contribution in [0.4, 0.5) is 11.4 Å². The number of nitro benzene ring substituents is 1. The predicted octanol–water partition coefficient (Wildman–Crippen LogP) is 1.90. The second-order valence-corrected chi connectivity index (χ2v) is 7.02. The Morgan fingerprint density at radius 3 is 2.42 bits per heavy atom. The Morgan fingerprint density at radius 2 is 1.88 bits per heavy atom. The highest BCUT2D eigenvalue weighted by molar-refractivity contribution is 7.89. The number of hydrogen-bond acceptors (Lipinski definition) is 7. The number of methoxy groups -OCH3 is 2. The minimum absolute atomic E-state index is 0.243. The number of primary sulfonamides is 1. The fourth-order valence-electron chi connectivity index (χ4n) is 2.57. The summed E-state index contributed by atoms with van der Waals surface area (Å²) in [5.41, 5.74) is 0.632. The summed E-state index contributed by atoms with van der Waals surface area (Å²) in [6.45, 7) is 0.274. The van der Waals surface area contributed by atoms with Crippen LogP contribution in [-0.2, 0) is 16.6 Å². The van der Waals surface area contributed by atoms with Gasteiger partial charge in [0.2, 0.25) is 10.0 Å². The lowest BCUT2D eigenvalue weighted by atomic mass is 10.1. The van der Waals surface area contributed by atoms with Gasteiger partial charge in [0.05, 0.1) is 24.0 Å². The summed E-state index contributed by atoms with van der Waals surface area (Å²) in [7, 11) is 0.632. The van der Waals surface area contributed by atoms with Crippen molar-refractivity contribution >= 4 is 21.4 Å². The Bertz CT molecular complexity index is 930. The maximum atomic E-state index is 11.4. The molecular weight excluding hydrogens is 362 g/mol. The number of nitrogens with zero attached hydrogens (tertiary/aromatic N) is 2. The van der Waals surface area contributed by atoms with Gasteiger partial charge in [-0.15, -0.1) is 0 Å². The summed E-state index contributed by atoms with van der Waals surface area (Å²) >= 11 is 0. The standard InChI is InChI=1S/C16H19N3O6S/c1-18(10-11-5-4-6-15(24-2)16(11)25-3)13-8-7-12(26(17,22)23)9-14(13)19(20)21/h4-9H,10H2,1-3H3,(H2,17,22,23). The van der Waals surface area contributed by atoms with Crippen molar-refractivity contribution in [2.75, 3.05) is 26.2 Å². The first-order valence-electron chi connectivity index (χ1n) is 7.41. The van der Waals surface area contributed by atoms with Crippen molar-refractivity contribution in [2.45, 2.75) is 11.4 Å². The van der Waals surface area contributed by atoms with Crippen molar-refractivity contribution in [3.8, 4) is 11.5 Å². The van der Waals surface area contributed by atoms with Crippen LogP contribution in [-0.4, -0.2) is 34.6 Å². The van der Waals surface area contributed by atoms with Gasteiger partial charge in [-0.3, -0.25) is 10.1 Å². The van der Waals surface area contributed by atoms with Gasteiger partial charge in [-0.25, -0.2) is 13.6 Å². The predicted molar refractivity (Wildman–Crippen MR) is 96.1 cm³/mol. The first-order valence-corrected chi connectivity index (χ1v) is 8.96. The van der Waals surface area contributed by atoms with Gasteiger partial charge in [0.15, 0.2) is 11.5 Å². The average molecular weight is 381 g/mol. The monoisotopic (exact) mass is 381 g/mol. The SMILES string of the molecule is COc1cccc(CN(C)c2ccc(S(N)(=O)=O)cc2[N+](=O)[O-])c1OC. The van der Waals surface area contributed by atoms with Crippen molar-refractivity contribution in [3.63, 3.8) is 0 Å². The van der Waals surface area contributed by atoms with Crippen LogP contribution in [0.25, 0.3) is 0 Å². The van der Waals surface area contributed by atoms with Crippen LogP contribution in [0.5, 0.6) is 11.5 Å². The van der Waals surface area contributed by atoms with Gasteiger partial charge in [-0.2, -0.15) is 0 Å². The molecular formula is C16H19N3O6S. The lowest BCUT2D eigenvalue weighted by Gasteiger charge is -2.21. The molecule has 2 aromatic carbocycles. The Morgan fingerprint density at radius 1 is 1.19 bits per heavy atom. The third kappa shape index (κ3) is 4.03. The fraction of sp³-hybridized carbons (Fsp3) is 0.250. The van der Waals surface area contributed by atoms with Crippen LogP contribution in [0, 0.1) is 10.1 Å². The molecule has 0 aliphatic heterocycles. The lowest BCUT2D eigenvalue weighted by molar-refractivity contribution is -0.384. The van der Waals surface area contributed by atoms with E-state index in [9.17, 15) is 18.5 Å². The summed E-state index contributed by atoms with van der Waals surface area (Å²) < 4.78 is 33.5. The molecule has 2 rings (SSSR count). The lowest BCUT2D eigenvalue weighted by Crippen LogP contribution is -2.19. The molecule has 0 aliphatic rings. The number of hydrogen-bond donors (Lipinski definition) is 1.